The Morgan fingerprint density at radius 3 is 2.53 bits per heavy atom. The molecule has 4 heteroatoms. The van der Waals surface area contributed by atoms with Gasteiger partial charge in [0.05, 0.1) is 6.04 Å². The first-order chi connectivity index (χ1) is 8.15. The first-order valence-electron chi connectivity index (χ1n) is 5.35. The van der Waals surface area contributed by atoms with Crippen molar-refractivity contribution >= 4 is 11.6 Å². The normalized spacial score (nSPS) is 12.4. The van der Waals surface area contributed by atoms with Crippen molar-refractivity contribution in [1.82, 2.24) is 0 Å². The fourth-order valence-electron chi connectivity index (χ4n) is 1.43. The van der Waals surface area contributed by atoms with Crippen molar-refractivity contribution in [3.63, 3.8) is 0 Å². The van der Waals surface area contributed by atoms with Gasteiger partial charge in [-0.25, -0.2) is 0 Å². The van der Waals surface area contributed by atoms with E-state index in [9.17, 15) is 0 Å². The second kappa shape index (κ2) is 5.25. The third kappa shape index (κ3) is 3.25. The van der Waals surface area contributed by atoms with Gasteiger partial charge in [0.15, 0.2) is 5.22 Å². The second-order valence-electron chi connectivity index (χ2n) is 3.87. The van der Waals surface area contributed by atoms with Gasteiger partial charge in [0.25, 0.3) is 0 Å². The van der Waals surface area contributed by atoms with Gasteiger partial charge in [0.1, 0.15) is 18.1 Å². The van der Waals surface area contributed by atoms with Crippen molar-refractivity contribution in [3.8, 4) is 5.75 Å². The fraction of sp³-hybridized carbons (Fsp3) is 0.231. The van der Waals surface area contributed by atoms with Crippen molar-refractivity contribution in [2.45, 2.75) is 13.0 Å². The van der Waals surface area contributed by atoms with Gasteiger partial charge in [-0.3, -0.25) is 0 Å². The van der Waals surface area contributed by atoms with E-state index in [-0.39, 0.29) is 6.04 Å². The summed E-state index contributed by atoms with van der Waals surface area (Å²) in [5, 5.41) is 0.339. The van der Waals surface area contributed by atoms with Crippen molar-refractivity contribution in [2.75, 3.05) is 6.61 Å². The quantitative estimate of drug-likeness (QED) is 0.907. The summed E-state index contributed by atoms with van der Waals surface area (Å²) < 4.78 is 10.8. The van der Waals surface area contributed by atoms with Crippen LogP contribution >= 0.6 is 11.6 Å². The Bertz CT molecular complexity index is 478. The van der Waals surface area contributed by atoms with Gasteiger partial charge >= 0.3 is 0 Å². The lowest BCUT2D eigenvalue weighted by Gasteiger charge is -2.11. The molecule has 90 valence electrons. The van der Waals surface area contributed by atoms with E-state index in [1.165, 1.54) is 5.56 Å². The summed E-state index contributed by atoms with van der Waals surface area (Å²) in [6.45, 7) is 2.38. The molecule has 0 saturated carbocycles. The van der Waals surface area contributed by atoms with Gasteiger partial charge < -0.3 is 14.9 Å². The Labute approximate surface area is 105 Å². The molecule has 1 aromatic heterocycles. The number of halogens is 1. The molecule has 2 rings (SSSR count). The molecular formula is C13H14ClNO2. The highest BCUT2D eigenvalue weighted by atomic mass is 35.5. The number of aryl methyl sites for hydroxylation is 1. The van der Waals surface area contributed by atoms with Crippen molar-refractivity contribution in [3.05, 3.63) is 52.9 Å². The highest BCUT2D eigenvalue weighted by Crippen LogP contribution is 2.19. The molecule has 0 aliphatic carbocycles. The maximum atomic E-state index is 5.91. The number of furan rings is 1. The Hall–Kier alpha value is -1.45. The van der Waals surface area contributed by atoms with Gasteiger partial charge in [0, 0.05) is 0 Å². The molecule has 0 bridgehead atoms. The first-order valence-corrected chi connectivity index (χ1v) is 5.73. The number of hydrogen-bond acceptors (Lipinski definition) is 3. The first kappa shape index (κ1) is 12.0. The smallest absolute Gasteiger partial charge is 0.193 e. The van der Waals surface area contributed by atoms with Crippen LogP contribution in [-0.2, 0) is 0 Å². The molecule has 0 spiro atoms. The van der Waals surface area contributed by atoms with Crippen LogP contribution in [0.2, 0.25) is 5.22 Å². The summed E-state index contributed by atoms with van der Waals surface area (Å²) in [7, 11) is 0. The summed E-state index contributed by atoms with van der Waals surface area (Å²) in [5.41, 5.74) is 7.10. The average molecular weight is 252 g/mol. The van der Waals surface area contributed by atoms with Crippen LogP contribution < -0.4 is 10.5 Å². The van der Waals surface area contributed by atoms with Crippen LogP contribution in [0.5, 0.6) is 5.75 Å². The molecule has 1 heterocycles. The topological polar surface area (TPSA) is 48.4 Å². The molecule has 2 aromatic rings. The van der Waals surface area contributed by atoms with E-state index in [0.29, 0.717) is 17.6 Å². The van der Waals surface area contributed by atoms with Gasteiger partial charge in [-0.2, -0.15) is 0 Å². The minimum atomic E-state index is -0.316. The van der Waals surface area contributed by atoms with E-state index < -0.39 is 0 Å². The van der Waals surface area contributed by atoms with Crippen LogP contribution in [0.3, 0.4) is 0 Å². The lowest BCUT2D eigenvalue weighted by atomic mass is 10.2. The maximum absolute atomic E-state index is 5.91. The summed E-state index contributed by atoms with van der Waals surface area (Å²) in [6.07, 6.45) is 0. The zero-order chi connectivity index (χ0) is 12.3. The second-order valence-corrected chi connectivity index (χ2v) is 4.24. The molecule has 0 aliphatic heterocycles. The molecule has 3 nitrogen and oxygen atoms in total. The standard InChI is InChI=1S/C13H14ClNO2/c1-9-2-4-10(5-3-9)16-8-11(15)12-6-7-13(14)17-12/h2-7,11H,8,15H2,1H3. The molecule has 0 radical (unpaired) electrons. The molecule has 1 unspecified atom stereocenters. The van der Waals surface area contributed by atoms with Crippen LogP contribution in [0.25, 0.3) is 0 Å². The van der Waals surface area contributed by atoms with E-state index in [1.54, 1.807) is 12.1 Å². The highest BCUT2D eigenvalue weighted by Gasteiger charge is 2.11. The van der Waals surface area contributed by atoms with Crippen LogP contribution in [-0.4, -0.2) is 6.61 Å². The SMILES string of the molecule is Cc1ccc(OCC(N)c2ccc(Cl)o2)cc1. The molecule has 0 saturated heterocycles. The fourth-order valence-corrected chi connectivity index (χ4v) is 1.58. The molecule has 1 atom stereocenters. The number of benzene rings is 1. The zero-order valence-corrected chi connectivity index (χ0v) is 10.3. The zero-order valence-electron chi connectivity index (χ0n) is 9.52. The van der Waals surface area contributed by atoms with Crippen LogP contribution in [0, 0.1) is 6.92 Å². The Balaban J connectivity index is 1.92. The molecule has 17 heavy (non-hydrogen) atoms. The van der Waals surface area contributed by atoms with E-state index in [1.807, 2.05) is 31.2 Å². The summed E-state index contributed by atoms with van der Waals surface area (Å²) in [4.78, 5) is 0. The van der Waals surface area contributed by atoms with E-state index in [2.05, 4.69) is 0 Å². The summed E-state index contributed by atoms with van der Waals surface area (Å²) in [6, 6.07) is 10.9. The number of ether oxygens (including phenoxy) is 1. The van der Waals surface area contributed by atoms with E-state index >= 15 is 0 Å². The lowest BCUT2D eigenvalue weighted by molar-refractivity contribution is 0.273. The van der Waals surface area contributed by atoms with Crippen LogP contribution in [0.15, 0.2) is 40.8 Å². The van der Waals surface area contributed by atoms with Crippen molar-refractivity contribution in [2.24, 2.45) is 5.73 Å². The Kier molecular flexibility index (Phi) is 3.71. The maximum Gasteiger partial charge on any atom is 0.193 e. The molecule has 0 fully saturated rings. The monoisotopic (exact) mass is 251 g/mol. The van der Waals surface area contributed by atoms with Gasteiger partial charge in [0.2, 0.25) is 0 Å². The number of rotatable bonds is 4. The largest absolute Gasteiger partial charge is 0.491 e. The molecule has 1 aromatic carbocycles. The highest BCUT2D eigenvalue weighted by molar-refractivity contribution is 6.28. The Morgan fingerprint density at radius 2 is 1.94 bits per heavy atom. The predicted molar refractivity (Wildman–Crippen MR) is 67.3 cm³/mol. The lowest BCUT2D eigenvalue weighted by Crippen LogP contribution is -2.18. The minimum absolute atomic E-state index is 0.316. The average Bonchev–Trinajstić information content (AvgIpc) is 2.75. The van der Waals surface area contributed by atoms with Gasteiger partial charge in [-0.05, 0) is 42.8 Å². The number of nitrogens with two attached hydrogens (primary N) is 1. The number of hydrogen-bond donors (Lipinski definition) is 1. The Morgan fingerprint density at radius 1 is 1.24 bits per heavy atom. The van der Waals surface area contributed by atoms with Crippen molar-refractivity contribution in [1.29, 1.82) is 0 Å². The van der Waals surface area contributed by atoms with Gasteiger partial charge in [-0.15, -0.1) is 0 Å². The molecule has 0 aliphatic rings. The molecule has 2 N–H and O–H groups in total. The third-order valence-corrected chi connectivity index (χ3v) is 2.61. The van der Waals surface area contributed by atoms with Crippen LogP contribution in [0.1, 0.15) is 17.4 Å². The predicted octanol–water partition coefficient (Wildman–Crippen LogP) is 3.32. The van der Waals surface area contributed by atoms with Crippen LogP contribution in [0.4, 0.5) is 0 Å². The molecular weight excluding hydrogens is 238 g/mol. The van der Waals surface area contributed by atoms with Gasteiger partial charge in [-0.1, -0.05) is 17.7 Å². The van der Waals surface area contributed by atoms with Crippen molar-refractivity contribution < 1.29 is 9.15 Å². The minimum Gasteiger partial charge on any atom is -0.491 e. The van der Waals surface area contributed by atoms with E-state index in [0.717, 1.165) is 5.75 Å². The third-order valence-electron chi connectivity index (χ3n) is 2.41. The summed E-state index contributed by atoms with van der Waals surface area (Å²) >= 11 is 5.68. The summed E-state index contributed by atoms with van der Waals surface area (Å²) in [5.74, 6) is 1.42. The molecule has 0 amide bonds. The van der Waals surface area contributed by atoms with E-state index in [4.69, 9.17) is 26.5 Å².